The Hall–Kier alpha value is -2.56. The van der Waals surface area contributed by atoms with E-state index in [1.54, 1.807) is 39.4 Å². The molecule has 32 heavy (non-hydrogen) atoms. The van der Waals surface area contributed by atoms with Gasteiger partial charge < -0.3 is 10.1 Å². The third-order valence-electron chi connectivity index (χ3n) is 4.48. The molecule has 0 aromatic carbocycles. The predicted octanol–water partition coefficient (Wildman–Crippen LogP) is 5.36. The topological polar surface area (TPSA) is 94.0 Å². The van der Waals surface area contributed by atoms with E-state index in [0.29, 0.717) is 31.3 Å². The predicted molar refractivity (Wildman–Crippen MR) is 116 cm³/mol. The number of hydrogen-bond acceptors (Lipinski definition) is 6. The molecule has 0 fully saturated rings. The highest BCUT2D eigenvalue weighted by molar-refractivity contribution is 6.28. The van der Waals surface area contributed by atoms with E-state index in [0.717, 1.165) is 11.3 Å². The van der Waals surface area contributed by atoms with Crippen molar-refractivity contribution in [1.82, 2.24) is 19.7 Å². The molecule has 0 radical (unpaired) electrons. The van der Waals surface area contributed by atoms with Crippen LogP contribution in [0.4, 0.5) is 29.6 Å². The van der Waals surface area contributed by atoms with Crippen LogP contribution in [0.1, 0.15) is 57.4 Å². The molecule has 2 rings (SSSR count). The Bertz CT molecular complexity index is 956. The highest BCUT2D eigenvalue weighted by atomic mass is 35.5. The zero-order chi connectivity index (χ0) is 24.3. The molecule has 2 N–H and O–H groups in total. The third-order valence-corrected chi connectivity index (χ3v) is 4.66. The van der Waals surface area contributed by atoms with E-state index in [9.17, 15) is 18.0 Å². The number of aromatic nitrogens is 4. The van der Waals surface area contributed by atoms with Crippen LogP contribution in [0.25, 0.3) is 0 Å². The number of halogens is 4. The number of nitrogens with one attached hydrogen (secondary N) is 2. The largest absolute Gasteiger partial charge is 0.444 e. The number of anilines is 2. The molecule has 0 aliphatic carbocycles. The Balaban J connectivity index is 2.03. The molecule has 0 aliphatic heterocycles. The van der Waals surface area contributed by atoms with Gasteiger partial charge in [-0.25, -0.2) is 14.8 Å². The molecule has 1 atom stereocenters. The van der Waals surface area contributed by atoms with Crippen LogP contribution in [-0.4, -0.2) is 37.5 Å². The Morgan fingerprint density at radius 3 is 2.56 bits per heavy atom. The van der Waals surface area contributed by atoms with E-state index >= 15 is 0 Å². The number of aryl methyl sites for hydroxylation is 2. The van der Waals surface area contributed by atoms with Gasteiger partial charge >= 0.3 is 12.3 Å². The van der Waals surface area contributed by atoms with Gasteiger partial charge in [-0.2, -0.15) is 18.3 Å². The summed E-state index contributed by atoms with van der Waals surface area (Å²) < 4.78 is 46.4. The van der Waals surface area contributed by atoms with E-state index < -0.39 is 23.4 Å². The average Bonchev–Trinajstić information content (AvgIpc) is 2.86. The molecule has 0 saturated carbocycles. The van der Waals surface area contributed by atoms with E-state index in [2.05, 4.69) is 25.7 Å². The van der Waals surface area contributed by atoms with Crippen molar-refractivity contribution < 1.29 is 22.7 Å². The second-order valence-corrected chi connectivity index (χ2v) is 8.84. The van der Waals surface area contributed by atoms with Crippen LogP contribution < -0.4 is 10.6 Å². The Morgan fingerprint density at radius 2 is 1.97 bits per heavy atom. The van der Waals surface area contributed by atoms with Crippen LogP contribution >= 0.6 is 11.6 Å². The molecule has 2 aromatic rings. The summed E-state index contributed by atoms with van der Waals surface area (Å²) in [5, 5.41) is 9.58. The smallest absolute Gasteiger partial charge is 0.421 e. The number of hydrogen-bond donors (Lipinski definition) is 2. The van der Waals surface area contributed by atoms with Crippen molar-refractivity contribution in [3.63, 3.8) is 0 Å². The molecular formula is C20H28ClF3N6O2. The lowest BCUT2D eigenvalue weighted by atomic mass is 10.1. The fourth-order valence-electron chi connectivity index (χ4n) is 3.13. The van der Waals surface area contributed by atoms with Crippen LogP contribution in [0.15, 0.2) is 6.20 Å². The lowest BCUT2D eigenvalue weighted by Gasteiger charge is -2.20. The summed E-state index contributed by atoms with van der Waals surface area (Å²) in [6.07, 6.45) is -2.78. The lowest BCUT2D eigenvalue weighted by molar-refractivity contribution is -0.137. The standard InChI is InChI=1S/C20H28ClF3N6O2/c1-11(26-15-14(20(22,23)24)10-25-17(21)27-15)8-7-9-13-12(2)29-30(6)16(13)28-18(31)32-19(3,4)5/h10-11H,7-9H2,1-6H3,(H,28,31)(H,25,26,27)/t11-/m0/s1. The minimum atomic E-state index is -4.60. The van der Waals surface area contributed by atoms with E-state index in [1.807, 2.05) is 6.92 Å². The molecule has 12 heteroatoms. The quantitative estimate of drug-likeness (QED) is 0.522. The molecule has 0 bridgehead atoms. The number of carbonyl (C=O) groups is 1. The molecular weight excluding hydrogens is 449 g/mol. The van der Waals surface area contributed by atoms with Gasteiger partial charge in [-0.05, 0) is 65.5 Å². The molecule has 0 unspecified atom stereocenters. The second-order valence-electron chi connectivity index (χ2n) is 8.50. The highest BCUT2D eigenvalue weighted by Gasteiger charge is 2.35. The third kappa shape index (κ3) is 7.25. The van der Waals surface area contributed by atoms with E-state index in [1.165, 1.54) is 0 Å². The minimum absolute atomic E-state index is 0.267. The maximum absolute atomic E-state index is 13.2. The number of amides is 1. The molecule has 0 saturated heterocycles. The van der Waals surface area contributed by atoms with Gasteiger partial charge in [0.15, 0.2) is 0 Å². The Labute approximate surface area is 189 Å². The number of carbonyl (C=O) groups excluding carboxylic acids is 1. The summed E-state index contributed by atoms with van der Waals surface area (Å²) >= 11 is 5.67. The van der Waals surface area contributed by atoms with Gasteiger partial charge in [-0.15, -0.1) is 0 Å². The molecule has 2 aromatic heterocycles. The van der Waals surface area contributed by atoms with Crippen molar-refractivity contribution in [2.45, 2.75) is 71.7 Å². The van der Waals surface area contributed by atoms with Crippen LogP contribution in [0.5, 0.6) is 0 Å². The summed E-state index contributed by atoms with van der Waals surface area (Å²) in [6, 6.07) is -0.318. The highest BCUT2D eigenvalue weighted by Crippen LogP contribution is 2.34. The number of alkyl halides is 3. The first-order valence-corrected chi connectivity index (χ1v) is 10.4. The fourth-order valence-corrected chi connectivity index (χ4v) is 3.26. The molecule has 0 aliphatic rings. The lowest BCUT2D eigenvalue weighted by Crippen LogP contribution is -2.28. The second kappa shape index (κ2) is 9.93. The number of rotatable bonds is 7. The molecule has 0 spiro atoms. The van der Waals surface area contributed by atoms with Crippen molar-refractivity contribution in [2.24, 2.45) is 7.05 Å². The van der Waals surface area contributed by atoms with Gasteiger partial charge in [0.1, 0.15) is 22.8 Å². The monoisotopic (exact) mass is 476 g/mol. The Morgan fingerprint density at radius 1 is 1.31 bits per heavy atom. The van der Waals surface area contributed by atoms with Gasteiger partial charge in [0.25, 0.3) is 0 Å². The van der Waals surface area contributed by atoms with Crippen molar-refractivity contribution in [2.75, 3.05) is 10.6 Å². The Kier molecular flexibility index (Phi) is 7.97. The summed E-state index contributed by atoms with van der Waals surface area (Å²) in [6.45, 7) is 8.89. The first-order valence-electron chi connectivity index (χ1n) is 10.1. The van der Waals surface area contributed by atoms with Gasteiger partial charge in [0, 0.05) is 24.8 Å². The summed E-state index contributed by atoms with van der Waals surface area (Å²) in [5.74, 6) is 0.175. The molecule has 2 heterocycles. The normalized spacial score (nSPS) is 13.1. The van der Waals surface area contributed by atoms with Crippen LogP contribution in [0.2, 0.25) is 5.28 Å². The first kappa shape index (κ1) is 25.7. The van der Waals surface area contributed by atoms with Crippen molar-refractivity contribution in [3.8, 4) is 0 Å². The van der Waals surface area contributed by atoms with E-state index in [-0.39, 0.29) is 17.1 Å². The summed E-state index contributed by atoms with van der Waals surface area (Å²) in [4.78, 5) is 19.3. The first-order chi connectivity index (χ1) is 14.7. The van der Waals surface area contributed by atoms with Gasteiger partial charge in [-0.1, -0.05) is 0 Å². The van der Waals surface area contributed by atoms with Crippen molar-refractivity contribution in [1.29, 1.82) is 0 Å². The van der Waals surface area contributed by atoms with Gasteiger partial charge in [-0.3, -0.25) is 10.00 Å². The van der Waals surface area contributed by atoms with Crippen molar-refractivity contribution in [3.05, 3.63) is 28.3 Å². The number of ether oxygens (including phenoxy) is 1. The number of nitrogens with zero attached hydrogens (tertiary/aromatic N) is 4. The minimum Gasteiger partial charge on any atom is -0.444 e. The van der Waals surface area contributed by atoms with Crippen LogP contribution in [-0.2, 0) is 24.4 Å². The fraction of sp³-hybridized carbons (Fsp3) is 0.600. The maximum Gasteiger partial charge on any atom is 0.421 e. The van der Waals surface area contributed by atoms with E-state index in [4.69, 9.17) is 16.3 Å². The molecule has 8 nitrogen and oxygen atoms in total. The van der Waals surface area contributed by atoms with Crippen molar-refractivity contribution >= 4 is 29.3 Å². The zero-order valence-corrected chi connectivity index (χ0v) is 19.6. The molecule has 178 valence electrons. The molecule has 1 amide bonds. The average molecular weight is 477 g/mol. The zero-order valence-electron chi connectivity index (χ0n) is 18.9. The van der Waals surface area contributed by atoms with Gasteiger partial charge in [0.05, 0.1) is 5.69 Å². The SMILES string of the molecule is Cc1nn(C)c(NC(=O)OC(C)(C)C)c1CCC[C@H](C)Nc1nc(Cl)ncc1C(F)(F)F. The maximum atomic E-state index is 13.2. The van der Waals surface area contributed by atoms with Crippen LogP contribution in [0.3, 0.4) is 0 Å². The summed E-state index contributed by atoms with van der Waals surface area (Å²) in [7, 11) is 1.71. The van der Waals surface area contributed by atoms with Crippen LogP contribution in [0, 0.1) is 6.92 Å². The van der Waals surface area contributed by atoms with Gasteiger partial charge in [0.2, 0.25) is 5.28 Å². The summed E-state index contributed by atoms with van der Waals surface area (Å²) in [5.41, 5.74) is -0.0218.